The fraction of sp³-hybridized carbons (Fsp3) is 0.357. The van der Waals surface area contributed by atoms with E-state index in [9.17, 15) is 13.5 Å². The number of aliphatic hydroxyl groups excluding tert-OH is 1. The summed E-state index contributed by atoms with van der Waals surface area (Å²) in [6.45, 7) is 0. The minimum Gasteiger partial charge on any atom is -0.388 e. The number of imidazole rings is 1. The Hall–Kier alpha value is -1.66. The van der Waals surface area contributed by atoms with Gasteiger partial charge in [0.1, 0.15) is 5.82 Å². The molecule has 0 aliphatic heterocycles. The molecule has 0 saturated carbocycles. The fourth-order valence-electron chi connectivity index (χ4n) is 2.01. The van der Waals surface area contributed by atoms with E-state index in [1.165, 1.54) is 18.4 Å². The van der Waals surface area contributed by atoms with Gasteiger partial charge in [-0.15, -0.1) is 0 Å². The zero-order chi connectivity index (χ0) is 14.8. The van der Waals surface area contributed by atoms with Crippen LogP contribution in [-0.4, -0.2) is 29.3 Å². The van der Waals surface area contributed by atoms with Crippen LogP contribution in [0.1, 0.15) is 23.9 Å². The van der Waals surface area contributed by atoms with E-state index in [0.717, 1.165) is 5.82 Å². The van der Waals surface area contributed by atoms with Crippen LogP contribution in [0.15, 0.2) is 41.6 Å². The van der Waals surface area contributed by atoms with Gasteiger partial charge < -0.3 is 9.67 Å². The first-order chi connectivity index (χ1) is 9.38. The van der Waals surface area contributed by atoms with Gasteiger partial charge in [-0.25, -0.2) is 13.4 Å². The molecule has 20 heavy (non-hydrogen) atoms. The molecule has 1 aromatic carbocycles. The molecule has 0 aliphatic carbocycles. The van der Waals surface area contributed by atoms with Crippen molar-refractivity contribution < 1.29 is 13.5 Å². The summed E-state index contributed by atoms with van der Waals surface area (Å²) in [5.41, 5.74) is 0.714. The summed E-state index contributed by atoms with van der Waals surface area (Å²) in [6.07, 6.45) is 5.34. The second kappa shape index (κ2) is 5.76. The molecule has 0 bridgehead atoms. The van der Waals surface area contributed by atoms with Gasteiger partial charge in [-0.1, -0.05) is 12.1 Å². The summed E-state index contributed by atoms with van der Waals surface area (Å²) in [7, 11) is -1.28. The minimum absolute atomic E-state index is 0.262. The molecule has 6 heteroatoms. The molecule has 0 radical (unpaired) electrons. The molecule has 1 unspecified atom stereocenters. The van der Waals surface area contributed by atoms with Crippen molar-refractivity contribution in [2.24, 2.45) is 7.05 Å². The second-order valence-corrected chi connectivity index (χ2v) is 6.87. The van der Waals surface area contributed by atoms with Gasteiger partial charge in [0.15, 0.2) is 9.84 Å². The highest BCUT2D eigenvalue weighted by atomic mass is 32.2. The van der Waals surface area contributed by atoms with Crippen LogP contribution in [0.5, 0.6) is 0 Å². The lowest BCUT2D eigenvalue weighted by Crippen LogP contribution is -2.04. The predicted molar refractivity (Wildman–Crippen MR) is 76.0 cm³/mol. The maximum absolute atomic E-state index is 11.4. The Morgan fingerprint density at radius 2 is 1.95 bits per heavy atom. The number of aryl methyl sites for hydroxylation is 2. The topological polar surface area (TPSA) is 72.2 Å². The molecule has 108 valence electrons. The zero-order valence-electron chi connectivity index (χ0n) is 11.5. The molecule has 1 heterocycles. The lowest BCUT2D eigenvalue weighted by Gasteiger charge is -2.11. The number of aliphatic hydroxyl groups is 1. The summed E-state index contributed by atoms with van der Waals surface area (Å²) in [6, 6.07) is 6.35. The lowest BCUT2D eigenvalue weighted by molar-refractivity contribution is 0.166. The van der Waals surface area contributed by atoms with Crippen molar-refractivity contribution in [3.8, 4) is 0 Å². The second-order valence-electron chi connectivity index (χ2n) is 4.85. The molecule has 0 aliphatic rings. The average Bonchev–Trinajstić information content (AvgIpc) is 2.81. The molecule has 0 fully saturated rings. The maximum Gasteiger partial charge on any atom is 0.175 e. The Bertz CT molecular complexity index is 675. The molecular formula is C14H18N2O3S. The van der Waals surface area contributed by atoms with Crippen molar-refractivity contribution in [2.75, 3.05) is 6.26 Å². The first-order valence-corrected chi connectivity index (χ1v) is 8.21. The highest BCUT2D eigenvalue weighted by molar-refractivity contribution is 7.90. The van der Waals surface area contributed by atoms with E-state index < -0.39 is 15.9 Å². The maximum atomic E-state index is 11.4. The molecule has 0 spiro atoms. The van der Waals surface area contributed by atoms with E-state index >= 15 is 0 Å². The van der Waals surface area contributed by atoms with Crippen molar-refractivity contribution >= 4 is 9.84 Å². The normalized spacial score (nSPS) is 13.3. The largest absolute Gasteiger partial charge is 0.388 e. The average molecular weight is 294 g/mol. The Morgan fingerprint density at radius 3 is 2.45 bits per heavy atom. The van der Waals surface area contributed by atoms with Crippen molar-refractivity contribution in [3.05, 3.63) is 48.0 Å². The van der Waals surface area contributed by atoms with Crippen LogP contribution in [0.3, 0.4) is 0 Å². The van der Waals surface area contributed by atoms with Crippen molar-refractivity contribution in [1.29, 1.82) is 0 Å². The van der Waals surface area contributed by atoms with Gasteiger partial charge >= 0.3 is 0 Å². The molecule has 0 amide bonds. The van der Waals surface area contributed by atoms with Crippen LogP contribution >= 0.6 is 0 Å². The number of benzene rings is 1. The van der Waals surface area contributed by atoms with E-state index in [-0.39, 0.29) is 4.90 Å². The highest BCUT2D eigenvalue weighted by Crippen LogP contribution is 2.20. The van der Waals surface area contributed by atoms with E-state index in [4.69, 9.17) is 0 Å². The third kappa shape index (κ3) is 3.46. The van der Waals surface area contributed by atoms with Crippen molar-refractivity contribution in [2.45, 2.75) is 23.8 Å². The van der Waals surface area contributed by atoms with Crippen molar-refractivity contribution in [3.63, 3.8) is 0 Å². The SMILES string of the molecule is Cn1ccnc1CCC(O)c1ccc(S(C)(=O)=O)cc1. The number of aromatic nitrogens is 2. The molecular weight excluding hydrogens is 276 g/mol. The van der Waals surface area contributed by atoms with Gasteiger partial charge in [-0.3, -0.25) is 0 Å². The van der Waals surface area contributed by atoms with E-state index in [2.05, 4.69) is 4.98 Å². The number of hydrogen-bond donors (Lipinski definition) is 1. The molecule has 0 saturated heterocycles. The Morgan fingerprint density at radius 1 is 1.30 bits per heavy atom. The standard InChI is InChI=1S/C14H18N2O3S/c1-16-10-9-15-14(16)8-7-13(17)11-3-5-12(6-4-11)20(2,18)19/h3-6,9-10,13,17H,7-8H2,1-2H3. The van der Waals surface area contributed by atoms with Gasteiger partial charge in [-0.05, 0) is 24.1 Å². The lowest BCUT2D eigenvalue weighted by atomic mass is 10.0. The van der Waals surface area contributed by atoms with E-state index in [1.54, 1.807) is 18.3 Å². The van der Waals surface area contributed by atoms with Crippen LogP contribution < -0.4 is 0 Å². The van der Waals surface area contributed by atoms with Crippen LogP contribution in [0, 0.1) is 0 Å². The van der Waals surface area contributed by atoms with Crippen LogP contribution in [-0.2, 0) is 23.3 Å². The smallest absolute Gasteiger partial charge is 0.175 e. The van der Waals surface area contributed by atoms with Gasteiger partial charge in [0.2, 0.25) is 0 Å². The molecule has 2 aromatic rings. The molecule has 1 aromatic heterocycles. The summed E-state index contributed by atoms with van der Waals surface area (Å²) in [5.74, 6) is 0.914. The molecule has 1 atom stereocenters. The highest BCUT2D eigenvalue weighted by Gasteiger charge is 2.12. The summed E-state index contributed by atoms with van der Waals surface area (Å²) in [5, 5.41) is 10.1. The predicted octanol–water partition coefficient (Wildman–Crippen LogP) is 1.49. The first kappa shape index (κ1) is 14.7. The zero-order valence-corrected chi connectivity index (χ0v) is 12.3. The number of hydrogen-bond acceptors (Lipinski definition) is 4. The first-order valence-electron chi connectivity index (χ1n) is 6.32. The fourth-order valence-corrected chi connectivity index (χ4v) is 2.64. The van der Waals surface area contributed by atoms with Crippen LogP contribution in [0.2, 0.25) is 0 Å². The Kier molecular flexibility index (Phi) is 4.25. The van der Waals surface area contributed by atoms with Crippen LogP contribution in [0.25, 0.3) is 0 Å². The van der Waals surface area contributed by atoms with Crippen molar-refractivity contribution in [1.82, 2.24) is 9.55 Å². The van der Waals surface area contributed by atoms with Crippen LogP contribution in [0.4, 0.5) is 0 Å². The number of sulfone groups is 1. The Labute approximate surface area is 118 Å². The Balaban J connectivity index is 2.03. The van der Waals surface area contributed by atoms with E-state index in [0.29, 0.717) is 18.4 Å². The third-order valence-corrected chi connectivity index (χ3v) is 4.38. The van der Waals surface area contributed by atoms with Gasteiger partial charge in [0, 0.05) is 32.1 Å². The monoisotopic (exact) mass is 294 g/mol. The molecule has 1 N–H and O–H groups in total. The minimum atomic E-state index is -3.19. The summed E-state index contributed by atoms with van der Waals surface area (Å²) in [4.78, 5) is 4.46. The van der Waals surface area contributed by atoms with Gasteiger partial charge in [-0.2, -0.15) is 0 Å². The summed E-state index contributed by atoms with van der Waals surface area (Å²) < 4.78 is 24.6. The summed E-state index contributed by atoms with van der Waals surface area (Å²) >= 11 is 0. The third-order valence-electron chi connectivity index (χ3n) is 3.26. The molecule has 5 nitrogen and oxygen atoms in total. The number of nitrogens with zero attached hydrogens (tertiary/aromatic N) is 2. The molecule has 2 rings (SSSR count). The quantitative estimate of drug-likeness (QED) is 0.907. The van der Waals surface area contributed by atoms with E-state index in [1.807, 2.05) is 17.8 Å². The van der Waals surface area contributed by atoms with Gasteiger partial charge in [0.05, 0.1) is 11.0 Å². The number of rotatable bonds is 5. The van der Waals surface area contributed by atoms with Gasteiger partial charge in [0.25, 0.3) is 0 Å².